The molecule has 3 fully saturated rings. The van der Waals surface area contributed by atoms with Gasteiger partial charge in [-0.25, -0.2) is 4.79 Å². The van der Waals surface area contributed by atoms with Crippen LogP contribution in [0.5, 0.6) is 0 Å². The minimum absolute atomic E-state index is 0.185. The van der Waals surface area contributed by atoms with Crippen LogP contribution in [0.15, 0.2) is 23.8 Å². The molecule has 3 aliphatic rings. The minimum atomic E-state index is -0.590. The summed E-state index contributed by atoms with van der Waals surface area (Å²) >= 11 is 0. The zero-order chi connectivity index (χ0) is 22.2. The van der Waals surface area contributed by atoms with Crippen LogP contribution in [0.25, 0.3) is 0 Å². The molecule has 4 atom stereocenters. The van der Waals surface area contributed by atoms with Crippen molar-refractivity contribution >= 4 is 5.97 Å². The van der Waals surface area contributed by atoms with Gasteiger partial charge in [-0.1, -0.05) is 44.9 Å². The number of ether oxygens (including phenoxy) is 3. The Morgan fingerprint density at radius 1 is 1.23 bits per heavy atom. The number of esters is 1. The van der Waals surface area contributed by atoms with Crippen molar-refractivity contribution in [2.45, 2.75) is 98.4 Å². The van der Waals surface area contributed by atoms with Crippen molar-refractivity contribution in [3.8, 4) is 0 Å². The molecule has 3 rings (SSSR count). The summed E-state index contributed by atoms with van der Waals surface area (Å²) in [6, 6.07) is 0. The number of hydrogen-bond donors (Lipinski definition) is 0. The highest BCUT2D eigenvalue weighted by molar-refractivity contribution is 5.82. The van der Waals surface area contributed by atoms with Crippen molar-refractivity contribution in [1.29, 1.82) is 0 Å². The standard InChI is InChI=1S/C26H42O4/c1-18(15-23(27)28-16-20-17-29-25(5,6)30-20)9-11-21-19(2)10-12-22-24(3,4)13-8-14-26(21,22)7/h15,20-22H,2,8-14,16-17H2,1,3-7H3/b18-15+/t20-,21-,22?,26+/m1/s1. The molecule has 0 N–H and O–H groups in total. The van der Waals surface area contributed by atoms with Gasteiger partial charge in [0.1, 0.15) is 12.7 Å². The first-order valence-corrected chi connectivity index (χ1v) is 11.8. The van der Waals surface area contributed by atoms with Gasteiger partial charge in [-0.15, -0.1) is 0 Å². The predicted octanol–water partition coefficient (Wildman–Crippen LogP) is 6.21. The average Bonchev–Trinajstić information content (AvgIpc) is 2.97. The number of hydrogen-bond acceptors (Lipinski definition) is 4. The van der Waals surface area contributed by atoms with Gasteiger partial charge in [0.05, 0.1) is 6.61 Å². The van der Waals surface area contributed by atoms with Gasteiger partial charge in [0.15, 0.2) is 5.79 Å². The SMILES string of the molecule is C=C1CCC2C(C)(C)CCC[C@@]2(C)[C@@H]1CC/C(C)=C/C(=O)OC[C@@H]1COC(C)(C)O1. The highest BCUT2D eigenvalue weighted by atomic mass is 16.7. The fraction of sp³-hybridized carbons (Fsp3) is 0.808. The first kappa shape index (κ1) is 23.5. The zero-order valence-electron chi connectivity index (χ0n) is 20.0. The van der Waals surface area contributed by atoms with Crippen molar-refractivity contribution < 1.29 is 19.0 Å². The molecule has 2 aliphatic carbocycles. The van der Waals surface area contributed by atoms with E-state index in [4.69, 9.17) is 14.2 Å². The van der Waals surface area contributed by atoms with Crippen LogP contribution in [0.1, 0.15) is 86.5 Å². The Hall–Kier alpha value is -1.13. The van der Waals surface area contributed by atoms with Crippen molar-refractivity contribution in [3.05, 3.63) is 23.8 Å². The molecule has 1 unspecified atom stereocenters. The molecule has 0 bridgehead atoms. The van der Waals surface area contributed by atoms with Gasteiger partial charge in [0.2, 0.25) is 0 Å². The summed E-state index contributed by atoms with van der Waals surface area (Å²) in [6.45, 7) is 18.4. The maximum Gasteiger partial charge on any atom is 0.330 e. The lowest BCUT2D eigenvalue weighted by atomic mass is 9.47. The van der Waals surface area contributed by atoms with E-state index in [1.807, 2.05) is 20.8 Å². The molecule has 2 saturated carbocycles. The summed E-state index contributed by atoms with van der Waals surface area (Å²) in [7, 11) is 0. The van der Waals surface area contributed by atoms with Gasteiger partial charge >= 0.3 is 5.97 Å². The molecule has 0 aromatic rings. The molecule has 0 aromatic carbocycles. The third-order valence-corrected chi connectivity index (χ3v) is 7.99. The largest absolute Gasteiger partial charge is 0.460 e. The first-order chi connectivity index (χ1) is 13.9. The molecule has 0 spiro atoms. The highest BCUT2D eigenvalue weighted by Crippen LogP contribution is 2.61. The smallest absolute Gasteiger partial charge is 0.330 e. The molecule has 0 aromatic heterocycles. The lowest BCUT2D eigenvalue weighted by Gasteiger charge is -2.58. The van der Waals surface area contributed by atoms with Gasteiger partial charge in [0, 0.05) is 6.08 Å². The maximum atomic E-state index is 12.3. The molecular weight excluding hydrogens is 376 g/mol. The van der Waals surface area contributed by atoms with Crippen LogP contribution in [0.2, 0.25) is 0 Å². The third-order valence-electron chi connectivity index (χ3n) is 7.99. The quantitative estimate of drug-likeness (QED) is 0.292. The fourth-order valence-corrected chi connectivity index (χ4v) is 6.51. The second-order valence-electron chi connectivity index (χ2n) is 11.3. The average molecular weight is 419 g/mol. The second kappa shape index (κ2) is 8.78. The second-order valence-corrected chi connectivity index (χ2v) is 11.3. The van der Waals surface area contributed by atoms with Gasteiger partial charge in [-0.2, -0.15) is 0 Å². The van der Waals surface area contributed by atoms with E-state index in [0.29, 0.717) is 23.4 Å². The van der Waals surface area contributed by atoms with E-state index in [0.717, 1.165) is 30.8 Å². The normalized spacial score (nSPS) is 35.7. The summed E-state index contributed by atoms with van der Waals surface area (Å²) in [5, 5.41) is 0. The maximum absolute atomic E-state index is 12.3. The van der Waals surface area contributed by atoms with Gasteiger partial charge in [0.25, 0.3) is 0 Å². The highest BCUT2D eigenvalue weighted by Gasteiger charge is 2.52. The van der Waals surface area contributed by atoms with Crippen LogP contribution in [-0.4, -0.2) is 31.1 Å². The summed E-state index contributed by atoms with van der Waals surface area (Å²) in [5.41, 5.74) is 3.26. The predicted molar refractivity (Wildman–Crippen MR) is 120 cm³/mol. The van der Waals surface area contributed by atoms with Crippen molar-refractivity contribution in [3.63, 3.8) is 0 Å². The number of fused-ring (bicyclic) bond motifs is 1. The molecule has 0 radical (unpaired) electrons. The van der Waals surface area contributed by atoms with Crippen LogP contribution in [0, 0.1) is 22.7 Å². The number of allylic oxidation sites excluding steroid dienone is 2. The molecule has 170 valence electrons. The van der Waals surface area contributed by atoms with E-state index in [9.17, 15) is 4.79 Å². The Bertz CT molecular complexity index is 689. The summed E-state index contributed by atoms with van der Waals surface area (Å²) in [4.78, 5) is 12.3. The Morgan fingerprint density at radius 2 is 1.97 bits per heavy atom. The molecule has 4 nitrogen and oxygen atoms in total. The number of rotatable bonds is 6. The van der Waals surface area contributed by atoms with E-state index < -0.39 is 5.79 Å². The van der Waals surface area contributed by atoms with Crippen LogP contribution in [0.4, 0.5) is 0 Å². The van der Waals surface area contributed by atoms with Crippen molar-refractivity contribution in [1.82, 2.24) is 0 Å². The van der Waals surface area contributed by atoms with Gasteiger partial charge in [-0.05, 0) is 82.0 Å². The first-order valence-electron chi connectivity index (χ1n) is 11.8. The third kappa shape index (κ3) is 5.19. The van der Waals surface area contributed by atoms with E-state index >= 15 is 0 Å². The van der Waals surface area contributed by atoms with Crippen LogP contribution in [0.3, 0.4) is 0 Å². The Balaban J connectivity index is 1.54. The Kier molecular flexibility index (Phi) is 6.89. The summed E-state index contributed by atoms with van der Waals surface area (Å²) in [6.07, 6.45) is 9.84. The van der Waals surface area contributed by atoms with Crippen molar-refractivity contribution in [2.75, 3.05) is 13.2 Å². The molecule has 1 saturated heterocycles. The van der Waals surface area contributed by atoms with Gasteiger partial charge < -0.3 is 14.2 Å². The van der Waals surface area contributed by atoms with Crippen LogP contribution < -0.4 is 0 Å². The molecule has 1 aliphatic heterocycles. The van der Waals surface area contributed by atoms with Crippen LogP contribution >= 0.6 is 0 Å². The molecule has 1 heterocycles. The molecule has 0 amide bonds. The Morgan fingerprint density at radius 3 is 2.63 bits per heavy atom. The van der Waals surface area contributed by atoms with E-state index in [1.54, 1.807) is 6.08 Å². The summed E-state index contributed by atoms with van der Waals surface area (Å²) < 4.78 is 16.6. The fourth-order valence-electron chi connectivity index (χ4n) is 6.51. The monoisotopic (exact) mass is 418 g/mol. The lowest BCUT2D eigenvalue weighted by molar-refractivity contribution is -0.154. The molecule has 30 heavy (non-hydrogen) atoms. The van der Waals surface area contributed by atoms with Crippen molar-refractivity contribution in [2.24, 2.45) is 22.7 Å². The van der Waals surface area contributed by atoms with E-state index in [-0.39, 0.29) is 18.7 Å². The van der Waals surface area contributed by atoms with E-state index in [1.165, 1.54) is 31.3 Å². The lowest BCUT2D eigenvalue weighted by Crippen LogP contribution is -2.49. The number of carbonyl (C=O) groups is 1. The van der Waals surface area contributed by atoms with E-state index in [2.05, 4.69) is 27.4 Å². The minimum Gasteiger partial charge on any atom is -0.460 e. The van der Waals surface area contributed by atoms with Gasteiger partial charge in [-0.3, -0.25) is 0 Å². The number of carbonyl (C=O) groups excluding carboxylic acids is 1. The topological polar surface area (TPSA) is 44.8 Å². The molecular formula is C26H42O4. The Labute approximate surface area is 183 Å². The summed E-state index contributed by atoms with van der Waals surface area (Å²) in [5.74, 6) is 0.432. The molecule has 4 heteroatoms. The van der Waals surface area contributed by atoms with Crippen LogP contribution in [-0.2, 0) is 19.0 Å². The zero-order valence-corrected chi connectivity index (χ0v) is 20.0.